The first-order valence-corrected chi connectivity index (χ1v) is 8.66. The molecule has 0 saturated heterocycles. The summed E-state index contributed by atoms with van der Waals surface area (Å²) in [5.74, 6) is -0.773. The van der Waals surface area contributed by atoms with E-state index in [1.165, 1.54) is 6.07 Å². The minimum Gasteiger partial charge on any atom is -0.350 e. The van der Waals surface area contributed by atoms with E-state index in [4.69, 9.17) is 0 Å². The van der Waals surface area contributed by atoms with E-state index in [1.807, 2.05) is 31.2 Å². The van der Waals surface area contributed by atoms with E-state index in [9.17, 15) is 14.0 Å². The van der Waals surface area contributed by atoms with Gasteiger partial charge in [0.1, 0.15) is 5.82 Å². The molecule has 2 aromatic rings. The molecule has 2 aromatic carbocycles. The number of urea groups is 1. The first-order valence-electron chi connectivity index (χ1n) is 8.66. The first kappa shape index (κ1) is 17.9. The van der Waals surface area contributed by atoms with Crippen molar-refractivity contribution in [3.05, 3.63) is 65.0 Å². The molecule has 0 radical (unpaired) electrons. The number of nitrogens with one attached hydrogen (secondary N) is 2. The number of hydrogen-bond acceptors (Lipinski definition) is 2. The third kappa shape index (κ3) is 3.69. The van der Waals surface area contributed by atoms with Gasteiger partial charge in [-0.2, -0.15) is 0 Å². The number of amides is 3. The van der Waals surface area contributed by atoms with Gasteiger partial charge in [0.05, 0.1) is 0 Å². The zero-order chi connectivity index (χ0) is 18.7. The van der Waals surface area contributed by atoms with E-state index >= 15 is 0 Å². The second-order valence-corrected chi connectivity index (χ2v) is 6.50. The molecule has 26 heavy (non-hydrogen) atoms. The Kier molecular flexibility index (Phi) is 5.21. The van der Waals surface area contributed by atoms with E-state index in [1.54, 1.807) is 24.0 Å². The Morgan fingerprint density at radius 2 is 1.88 bits per heavy atom. The predicted octanol–water partition coefficient (Wildman–Crippen LogP) is 3.02. The number of carbonyl (C=O) groups excluding carboxylic acids is 2. The van der Waals surface area contributed by atoms with Crippen LogP contribution in [0.1, 0.15) is 28.4 Å². The molecule has 0 aliphatic carbocycles. The van der Waals surface area contributed by atoms with Crippen molar-refractivity contribution < 1.29 is 14.0 Å². The Morgan fingerprint density at radius 3 is 2.65 bits per heavy atom. The lowest BCUT2D eigenvalue weighted by atomic mass is 10.1. The average molecular weight is 355 g/mol. The van der Waals surface area contributed by atoms with Crippen LogP contribution < -0.4 is 15.5 Å². The summed E-state index contributed by atoms with van der Waals surface area (Å²) >= 11 is 0. The lowest BCUT2D eigenvalue weighted by molar-refractivity contribution is 0.0953. The molecule has 2 N–H and O–H groups in total. The highest BCUT2D eigenvalue weighted by molar-refractivity contribution is 5.95. The highest BCUT2D eigenvalue weighted by Crippen LogP contribution is 2.31. The molecule has 1 aliphatic rings. The summed E-state index contributed by atoms with van der Waals surface area (Å²) in [5.41, 5.74) is 2.84. The summed E-state index contributed by atoms with van der Waals surface area (Å²) in [6, 6.07) is 12.1. The lowest BCUT2D eigenvalue weighted by Gasteiger charge is -2.23. The van der Waals surface area contributed by atoms with Crippen molar-refractivity contribution in [2.45, 2.75) is 26.3 Å². The largest absolute Gasteiger partial charge is 0.350 e. The third-order valence-corrected chi connectivity index (χ3v) is 4.55. The van der Waals surface area contributed by atoms with Crippen LogP contribution in [-0.2, 0) is 6.42 Å². The topological polar surface area (TPSA) is 61.4 Å². The normalized spacial score (nSPS) is 15.5. The van der Waals surface area contributed by atoms with Crippen LogP contribution in [-0.4, -0.2) is 31.1 Å². The molecule has 1 heterocycles. The van der Waals surface area contributed by atoms with E-state index in [-0.39, 0.29) is 30.1 Å². The van der Waals surface area contributed by atoms with Crippen molar-refractivity contribution >= 4 is 17.6 Å². The molecule has 3 amide bonds. The number of nitrogens with zero attached hydrogens (tertiary/aromatic N) is 1. The minimum atomic E-state index is -0.410. The molecular formula is C20H22FN3O2. The predicted molar refractivity (Wildman–Crippen MR) is 99.0 cm³/mol. The number of carbonyl (C=O) groups is 2. The fourth-order valence-electron chi connectivity index (χ4n) is 3.14. The number of benzene rings is 2. The van der Waals surface area contributed by atoms with Crippen molar-refractivity contribution in [2.24, 2.45) is 0 Å². The number of halogens is 1. The second kappa shape index (κ2) is 7.56. The summed E-state index contributed by atoms with van der Waals surface area (Å²) in [6.45, 7) is 4.21. The average Bonchev–Trinajstić information content (AvgIpc) is 2.96. The van der Waals surface area contributed by atoms with Gasteiger partial charge in [0.25, 0.3) is 5.91 Å². The molecule has 5 nitrogen and oxygen atoms in total. The number of anilines is 1. The quantitative estimate of drug-likeness (QED) is 0.828. The number of para-hydroxylation sites is 1. The molecule has 136 valence electrons. The Morgan fingerprint density at radius 1 is 1.15 bits per heavy atom. The zero-order valence-electron chi connectivity index (χ0n) is 14.9. The van der Waals surface area contributed by atoms with Crippen LogP contribution in [0.3, 0.4) is 0 Å². The summed E-state index contributed by atoms with van der Waals surface area (Å²) < 4.78 is 13.5. The third-order valence-electron chi connectivity index (χ3n) is 4.55. The molecule has 6 heteroatoms. The van der Waals surface area contributed by atoms with Gasteiger partial charge in [0.15, 0.2) is 0 Å². The smallest absolute Gasteiger partial charge is 0.322 e. The van der Waals surface area contributed by atoms with Gasteiger partial charge in [-0.25, -0.2) is 9.18 Å². The van der Waals surface area contributed by atoms with Gasteiger partial charge >= 0.3 is 6.03 Å². The van der Waals surface area contributed by atoms with Crippen molar-refractivity contribution in [3.8, 4) is 0 Å². The fraction of sp³-hybridized carbons (Fsp3) is 0.300. The maximum Gasteiger partial charge on any atom is 0.322 e. The van der Waals surface area contributed by atoms with Crippen LogP contribution in [0.4, 0.5) is 14.9 Å². The standard InChI is InChI=1S/C20H22FN3O2/c1-13-7-8-16(12-17(13)21)19(25)22-9-10-23-20(26)24-14(2)11-15-5-3-4-6-18(15)24/h3-8,12,14H,9-11H2,1-2H3,(H,22,25)(H,23,26). The Bertz CT molecular complexity index is 838. The number of aryl methyl sites for hydroxylation is 1. The summed E-state index contributed by atoms with van der Waals surface area (Å²) in [6.07, 6.45) is 0.833. The number of rotatable bonds is 4. The van der Waals surface area contributed by atoms with Crippen molar-refractivity contribution in [1.82, 2.24) is 10.6 Å². The lowest BCUT2D eigenvalue weighted by Crippen LogP contribution is -2.45. The maximum atomic E-state index is 13.5. The molecule has 1 aliphatic heterocycles. The van der Waals surface area contributed by atoms with Gasteiger partial charge in [-0.1, -0.05) is 24.3 Å². The van der Waals surface area contributed by atoms with E-state index < -0.39 is 5.82 Å². The fourth-order valence-corrected chi connectivity index (χ4v) is 3.14. The Labute approximate surface area is 152 Å². The minimum absolute atomic E-state index is 0.0949. The zero-order valence-corrected chi connectivity index (χ0v) is 14.9. The molecule has 0 aromatic heterocycles. The van der Waals surface area contributed by atoms with Gasteiger partial charge in [-0.3, -0.25) is 9.69 Å². The molecule has 0 spiro atoms. The Balaban J connectivity index is 1.50. The summed E-state index contributed by atoms with van der Waals surface area (Å²) in [4.78, 5) is 26.2. The SMILES string of the molecule is Cc1ccc(C(=O)NCCNC(=O)N2c3ccccc3CC2C)cc1F. The summed E-state index contributed by atoms with van der Waals surface area (Å²) in [7, 11) is 0. The van der Waals surface area contributed by atoms with Crippen molar-refractivity contribution in [1.29, 1.82) is 0 Å². The molecule has 3 rings (SSSR count). The first-order chi connectivity index (χ1) is 12.5. The van der Waals surface area contributed by atoms with Crippen molar-refractivity contribution in [2.75, 3.05) is 18.0 Å². The molecule has 1 unspecified atom stereocenters. The molecule has 0 bridgehead atoms. The monoisotopic (exact) mass is 355 g/mol. The van der Waals surface area contributed by atoms with Gasteiger partial charge in [0, 0.05) is 30.4 Å². The van der Waals surface area contributed by atoms with Gasteiger partial charge < -0.3 is 10.6 Å². The second-order valence-electron chi connectivity index (χ2n) is 6.50. The number of fused-ring (bicyclic) bond motifs is 1. The maximum absolute atomic E-state index is 13.5. The Hall–Kier alpha value is -2.89. The van der Waals surface area contributed by atoms with Crippen LogP contribution in [0, 0.1) is 12.7 Å². The van der Waals surface area contributed by atoms with Crippen LogP contribution in [0.25, 0.3) is 0 Å². The highest BCUT2D eigenvalue weighted by atomic mass is 19.1. The van der Waals surface area contributed by atoms with Gasteiger partial charge in [-0.05, 0) is 49.6 Å². The van der Waals surface area contributed by atoms with Gasteiger partial charge in [0.2, 0.25) is 0 Å². The molecular weight excluding hydrogens is 333 g/mol. The molecule has 1 atom stereocenters. The van der Waals surface area contributed by atoms with Crippen molar-refractivity contribution in [3.63, 3.8) is 0 Å². The van der Waals surface area contributed by atoms with Crippen LogP contribution in [0.2, 0.25) is 0 Å². The van der Waals surface area contributed by atoms with Crippen LogP contribution >= 0.6 is 0 Å². The molecule has 0 saturated carbocycles. The molecule has 0 fully saturated rings. The summed E-state index contributed by atoms with van der Waals surface area (Å²) in [5, 5.41) is 5.50. The van der Waals surface area contributed by atoms with Crippen LogP contribution in [0.5, 0.6) is 0 Å². The highest BCUT2D eigenvalue weighted by Gasteiger charge is 2.30. The van der Waals surface area contributed by atoms with Crippen LogP contribution in [0.15, 0.2) is 42.5 Å². The van der Waals surface area contributed by atoms with Gasteiger partial charge in [-0.15, -0.1) is 0 Å². The van der Waals surface area contributed by atoms with E-state index in [0.29, 0.717) is 12.1 Å². The number of hydrogen-bond donors (Lipinski definition) is 2. The van der Waals surface area contributed by atoms with E-state index in [2.05, 4.69) is 10.6 Å². The van der Waals surface area contributed by atoms with E-state index in [0.717, 1.165) is 17.7 Å².